The highest BCUT2D eigenvalue weighted by atomic mass is 79.9. The fraction of sp³-hybridized carbons (Fsp3) is 0.471. The van der Waals surface area contributed by atoms with Crippen molar-refractivity contribution < 1.29 is 19.1 Å². The SMILES string of the molecule is CC(NC(=O)CN1C(=O)COc2cc(Br)ccc21)C(=O)NC(C)(C)C. The summed E-state index contributed by atoms with van der Waals surface area (Å²) in [6.07, 6.45) is 0. The Kier molecular flexibility index (Phi) is 5.72. The number of fused-ring (bicyclic) bond motifs is 1. The van der Waals surface area contributed by atoms with E-state index in [9.17, 15) is 14.4 Å². The van der Waals surface area contributed by atoms with Crippen molar-refractivity contribution >= 4 is 39.3 Å². The predicted octanol–water partition coefficient (Wildman–Crippen LogP) is 1.59. The van der Waals surface area contributed by atoms with Gasteiger partial charge in [-0.15, -0.1) is 0 Å². The van der Waals surface area contributed by atoms with Gasteiger partial charge >= 0.3 is 0 Å². The van der Waals surface area contributed by atoms with Gasteiger partial charge in [0.1, 0.15) is 18.3 Å². The average molecular weight is 412 g/mol. The molecule has 1 aliphatic heterocycles. The number of hydrogen-bond acceptors (Lipinski definition) is 4. The second kappa shape index (κ2) is 7.43. The minimum Gasteiger partial charge on any atom is -0.482 e. The summed E-state index contributed by atoms with van der Waals surface area (Å²) in [7, 11) is 0. The lowest BCUT2D eigenvalue weighted by molar-refractivity contribution is -0.129. The van der Waals surface area contributed by atoms with E-state index >= 15 is 0 Å². The summed E-state index contributed by atoms with van der Waals surface area (Å²) in [5, 5.41) is 5.42. The van der Waals surface area contributed by atoms with Crippen LogP contribution in [0.2, 0.25) is 0 Å². The quantitative estimate of drug-likeness (QED) is 0.787. The van der Waals surface area contributed by atoms with E-state index in [1.807, 2.05) is 20.8 Å². The first-order valence-electron chi connectivity index (χ1n) is 7.91. The van der Waals surface area contributed by atoms with E-state index in [1.165, 1.54) is 4.90 Å². The van der Waals surface area contributed by atoms with Crippen LogP contribution in [0.4, 0.5) is 5.69 Å². The zero-order valence-electron chi connectivity index (χ0n) is 14.7. The Bertz CT molecular complexity index is 700. The Hall–Kier alpha value is -2.09. The lowest BCUT2D eigenvalue weighted by Crippen LogP contribution is -2.53. The van der Waals surface area contributed by atoms with Gasteiger partial charge in [0.25, 0.3) is 5.91 Å². The van der Waals surface area contributed by atoms with Crippen molar-refractivity contribution in [3.8, 4) is 5.75 Å². The highest BCUT2D eigenvalue weighted by molar-refractivity contribution is 9.10. The molecule has 1 atom stereocenters. The molecule has 1 aromatic rings. The van der Waals surface area contributed by atoms with E-state index in [0.29, 0.717) is 11.4 Å². The third-order valence-electron chi connectivity index (χ3n) is 3.44. The zero-order valence-corrected chi connectivity index (χ0v) is 16.3. The third kappa shape index (κ3) is 5.19. The molecule has 2 N–H and O–H groups in total. The van der Waals surface area contributed by atoms with E-state index in [1.54, 1.807) is 25.1 Å². The molecule has 0 saturated carbocycles. The molecule has 0 saturated heterocycles. The molecule has 1 heterocycles. The van der Waals surface area contributed by atoms with Crippen LogP contribution in [-0.4, -0.2) is 42.5 Å². The van der Waals surface area contributed by atoms with E-state index in [0.717, 1.165) is 4.47 Å². The minimum absolute atomic E-state index is 0.128. The lowest BCUT2D eigenvalue weighted by atomic mass is 10.1. The number of hydrogen-bond donors (Lipinski definition) is 2. The van der Waals surface area contributed by atoms with Gasteiger partial charge in [0.2, 0.25) is 11.8 Å². The smallest absolute Gasteiger partial charge is 0.265 e. The van der Waals surface area contributed by atoms with Gasteiger partial charge in [-0.05, 0) is 45.9 Å². The number of halogens is 1. The Morgan fingerprint density at radius 1 is 1.36 bits per heavy atom. The first-order valence-corrected chi connectivity index (χ1v) is 8.70. The number of rotatable bonds is 4. The second-order valence-corrected chi connectivity index (χ2v) is 7.82. The van der Waals surface area contributed by atoms with Crippen LogP contribution in [0.1, 0.15) is 27.7 Å². The van der Waals surface area contributed by atoms with Crippen molar-refractivity contribution in [2.24, 2.45) is 0 Å². The first kappa shape index (κ1) is 19.2. The van der Waals surface area contributed by atoms with Crippen LogP contribution >= 0.6 is 15.9 Å². The van der Waals surface area contributed by atoms with Gasteiger partial charge in [-0.3, -0.25) is 19.3 Å². The number of ether oxygens (including phenoxy) is 1. The van der Waals surface area contributed by atoms with Gasteiger partial charge in [-0.2, -0.15) is 0 Å². The molecule has 7 nitrogen and oxygen atoms in total. The van der Waals surface area contributed by atoms with E-state index < -0.39 is 11.9 Å². The van der Waals surface area contributed by atoms with Crippen molar-refractivity contribution in [1.82, 2.24) is 10.6 Å². The van der Waals surface area contributed by atoms with Crippen molar-refractivity contribution in [2.45, 2.75) is 39.3 Å². The average Bonchev–Trinajstić information content (AvgIpc) is 2.48. The fourth-order valence-electron chi connectivity index (χ4n) is 2.33. The van der Waals surface area contributed by atoms with Crippen LogP contribution in [-0.2, 0) is 14.4 Å². The molecule has 136 valence electrons. The van der Waals surface area contributed by atoms with Crippen molar-refractivity contribution in [3.63, 3.8) is 0 Å². The summed E-state index contributed by atoms with van der Waals surface area (Å²) >= 11 is 3.34. The summed E-state index contributed by atoms with van der Waals surface area (Å²) in [5.41, 5.74) is 0.143. The molecule has 0 aliphatic carbocycles. The fourth-order valence-corrected chi connectivity index (χ4v) is 2.67. The summed E-state index contributed by atoms with van der Waals surface area (Å²) in [5.74, 6) is -0.476. The molecule has 1 aliphatic rings. The maximum absolute atomic E-state index is 12.3. The van der Waals surface area contributed by atoms with Crippen molar-refractivity contribution in [2.75, 3.05) is 18.1 Å². The van der Waals surface area contributed by atoms with E-state index in [-0.39, 0.29) is 30.5 Å². The topological polar surface area (TPSA) is 87.7 Å². The Balaban J connectivity index is 2.03. The van der Waals surface area contributed by atoms with Crippen LogP contribution < -0.4 is 20.3 Å². The number of nitrogens with one attached hydrogen (secondary N) is 2. The molecule has 3 amide bonds. The van der Waals surface area contributed by atoms with Crippen LogP contribution in [0, 0.1) is 0 Å². The second-order valence-electron chi connectivity index (χ2n) is 6.91. The van der Waals surface area contributed by atoms with Crippen LogP contribution in [0.15, 0.2) is 22.7 Å². The van der Waals surface area contributed by atoms with Crippen LogP contribution in [0.25, 0.3) is 0 Å². The molecule has 25 heavy (non-hydrogen) atoms. The molecule has 1 aromatic carbocycles. The largest absolute Gasteiger partial charge is 0.482 e. The Morgan fingerprint density at radius 2 is 2.04 bits per heavy atom. The van der Waals surface area contributed by atoms with Crippen LogP contribution in [0.3, 0.4) is 0 Å². The highest BCUT2D eigenvalue weighted by Crippen LogP contribution is 2.34. The maximum Gasteiger partial charge on any atom is 0.265 e. The van der Waals surface area contributed by atoms with Crippen molar-refractivity contribution in [1.29, 1.82) is 0 Å². The predicted molar refractivity (Wildman–Crippen MR) is 97.5 cm³/mol. The number of carbonyl (C=O) groups excluding carboxylic acids is 3. The summed E-state index contributed by atoms with van der Waals surface area (Å²) in [4.78, 5) is 37.8. The Labute approximate surface area is 155 Å². The molecule has 0 aromatic heterocycles. The number of nitrogens with zero attached hydrogens (tertiary/aromatic N) is 1. The number of anilines is 1. The summed E-state index contributed by atoms with van der Waals surface area (Å²) in [6, 6.07) is 4.52. The molecule has 1 unspecified atom stereocenters. The molecule has 0 radical (unpaired) electrons. The monoisotopic (exact) mass is 411 g/mol. The molecular formula is C17H22BrN3O4. The van der Waals surface area contributed by atoms with E-state index in [2.05, 4.69) is 26.6 Å². The van der Waals surface area contributed by atoms with Gasteiger partial charge in [0.15, 0.2) is 6.61 Å². The van der Waals surface area contributed by atoms with Gasteiger partial charge in [-0.1, -0.05) is 15.9 Å². The molecule has 0 bridgehead atoms. The summed E-state index contributed by atoms with van der Waals surface area (Å²) < 4.78 is 6.20. The maximum atomic E-state index is 12.3. The van der Waals surface area contributed by atoms with Gasteiger partial charge < -0.3 is 15.4 Å². The third-order valence-corrected chi connectivity index (χ3v) is 3.93. The standard InChI is InChI=1S/C17H22BrN3O4/c1-10(16(24)20-17(2,3)4)19-14(22)8-21-12-6-5-11(18)7-13(12)25-9-15(21)23/h5-7,10H,8-9H2,1-4H3,(H,19,22)(H,20,24). The van der Waals surface area contributed by atoms with Gasteiger partial charge in [0, 0.05) is 10.0 Å². The zero-order chi connectivity index (χ0) is 18.8. The van der Waals surface area contributed by atoms with Gasteiger partial charge in [-0.25, -0.2) is 0 Å². The normalized spacial score (nSPS) is 15.1. The number of benzene rings is 1. The molecule has 0 spiro atoms. The van der Waals surface area contributed by atoms with E-state index in [4.69, 9.17) is 4.74 Å². The Morgan fingerprint density at radius 3 is 2.68 bits per heavy atom. The lowest BCUT2D eigenvalue weighted by Gasteiger charge is -2.29. The minimum atomic E-state index is -0.702. The van der Waals surface area contributed by atoms with Gasteiger partial charge in [0.05, 0.1) is 5.69 Å². The molecular weight excluding hydrogens is 390 g/mol. The van der Waals surface area contributed by atoms with Crippen LogP contribution in [0.5, 0.6) is 5.75 Å². The number of amides is 3. The highest BCUT2D eigenvalue weighted by Gasteiger charge is 2.28. The first-order chi connectivity index (χ1) is 11.6. The number of carbonyl (C=O) groups is 3. The van der Waals surface area contributed by atoms with Crippen molar-refractivity contribution in [3.05, 3.63) is 22.7 Å². The molecule has 0 fully saturated rings. The molecule has 2 rings (SSSR count). The summed E-state index contributed by atoms with van der Waals surface area (Å²) in [6.45, 7) is 6.88. The molecule has 8 heteroatoms.